The fraction of sp³-hybridized carbons (Fsp3) is 0.917. The minimum absolute atomic E-state index is 0.174. The minimum atomic E-state index is -3.35. The molecule has 0 spiro atoms. The van der Waals surface area contributed by atoms with Crippen LogP contribution < -0.4 is 5.73 Å². The van der Waals surface area contributed by atoms with Crippen molar-refractivity contribution < 1.29 is 13.2 Å². The molecule has 2 fully saturated rings. The normalized spacial score (nSPS) is 28.4. The molecule has 1 amide bonds. The lowest BCUT2D eigenvalue weighted by Gasteiger charge is -2.37. The van der Waals surface area contributed by atoms with Crippen molar-refractivity contribution in [3.05, 3.63) is 0 Å². The molecule has 0 saturated carbocycles. The Kier molecular flexibility index (Phi) is 4.47. The van der Waals surface area contributed by atoms with Gasteiger partial charge in [0.15, 0.2) is 0 Å². The van der Waals surface area contributed by atoms with E-state index in [1.165, 1.54) is 4.31 Å². The van der Waals surface area contributed by atoms with Crippen LogP contribution in [0.4, 0.5) is 0 Å². The van der Waals surface area contributed by atoms with Crippen LogP contribution in [0.25, 0.3) is 0 Å². The standard InChI is InChI=1S/C12H23N3O3S/c1-10-3-2-6-15(9-10)19(17,18)14-7-4-11(5-8-14)12(13)16/h10-11H,2-9H2,1H3,(H2,13,16). The fourth-order valence-corrected chi connectivity index (χ4v) is 4.69. The Morgan fingerprint density at radius 3 is 2.26 bits per heavy atom. The summed E-state index contributed by atoms with van der Waals surface area (Å²) in [6, 6.07) is 0. The van der Waals surface area contributed by atoms with Crippen molar-refractivity contribution in [1.29, 1.82) is 0 Å². The molecule has 2 N–H and O–H groups in total. The van der Waals surface area contributed by atoms with E-state index < -0.39 is 10.2 Å². The minimum Gasteiger partial charge on any atom is -0.369 e. The van der Waals surface area contributed by atoms with Gasteiger partial charge >= 0.3 is 0 Å². The lowest BCUT2D eigenvalue weighted by molar-refractivity contribution is -0.122. The van der Waals surface area contributed by atoms with Crippen molar-refractivity contribution in [2.45, 2.75) is 32.6 Å². The third kappa shape index (κ3) is 3.27. The second-order valence-corrected chi connectivity index (χ2v) is 7.62. The molecular formula is C12H23N3O3S. The van der Waals surface area contributed by atoms with Crippen LogP contribution in [0.15, 0.2) is 0 Å². The zero-order valence-corrected chi connectivity index (χ0v) is 12.2. The van der Waals surface area contributed by atoms with Gasteiger partial charge in [0, 0.05) is 32.1 Å². The highest BCUT2D eigenvalue weighted by Crippen LogP contribution is 2.24. The molecule has 0 aromatic carbocycles. The number of primary amides is 1. The maximum absolute atomic E-state index is 12.5. The summed E-state index contributed by atoms with van der Waals surface area (Å²) < 4.78 is 28.1. The smallest absolute Gasteiger partial charge is 0.281 e. The summed E-state index contributed by atoms with van der Waals surface area (Å²) in [5.41, 5.74) is 5.27. The second-order valence-electron chi connectivity index (χ2n) is 5.69. The molecule has 0 aliphatic carbocycles. The Balaban J connectivity index is 1.99. The van der Waals surface area contributed by atoms with E-state index in [2.05, 4.69) is 6.92 Å². The van der Waals surface area contributed by atoms with Gasteiger partial charge in [-0.2, -0.15) is 17.0 Å². The third-order valence-corrected chi connectivity index (χ3v) is 6.13. The summed E-state index contributed by atoms with van der Waals surface area (Å²) in [7, 11) is -3.35. The molecule has 19 heavy (non-hydrogen) atoms. The van der Waals surface area contributed by atoms with Crippen LogP contribution in [0.3, 0.4) is 0 Å². The van der Waals surface area contributed by atoms with Crippen LogP contribution in [0.1, 0.15) is 32.6 Å². The van der Waals surface area contributed by atoms with Gasteiger partial charge in [-0.15, -0.1) is 0 Å². The zero-order chi connectivity index (χ0) is 14.0. The molecule has 6 nitrogen and oxygen atoms in total. The van der Waals surface area contributed by atoms with E-state index in [0.29, 0.717) is 44.9 Å². The predicted molar refractivity (Wildman–Crippen MR) is 72.4 cm³/mol. The lowest BCUT2D eigenvalue weighted by Crippen LogP contribution is -2.50. The Morgan fingerprint density at radius 2 is 1.74 bits per heavy atom. The van der Waals surface area contributed by atoms with Crippen LogP contribution in [0, 0.1) is 11.8 Å². The summed E-state index contributed by atoms with van der Waals surface area (Å²) in [5.74, 6) is -0.0675. The topological polar surface area (TPSA) is 83.7 Å². The molecule has 7 heteroatoms. The molecule has 2 saturated heterocycles. The number of hydrogen-bond acceptors (Lipinski definition) is 3. The van der Waals surface area contributed by atoms with E-state index in [4.69, 9.17) is 5.73 Å². The average Bonchev–Trinajstić information content (AvgIpc) is 2.39. The Hall–Kier alpha value is -0.660. The van der Waals surface area contributed by atoms with Crippen LogP contribution >= 0.6 is 0 Å². The van der Waals surface area contributed by atoms with Gasteiger partial charge in [-0.1, -0.05) is 6.92 Å². The maximum Gasteiger partial charge on any atom is 0.281 e. The number of nitrogens with zero attached hydrogens (tertiary/aromatic N) is 2. The van der Waals surface area contributed by atoms with E-state index in [9.17, 15) is 13.2 Å². The first kappa shape index (κ1) is 14.7. The van der Waals surface area contributed by atoms with Crippen molar-refractivity contribution in [1.82, 2.24) is 8.61 Å². The molecule has 0 aromatic heterocycles. The predicted octanol–water partition coefficient (Wildman–Crippen LogP) is 0.160. The second kappa shape index (κ2) is 5.76. The molecule has 2 aliphatic heterocycles. The average molecular weight is 289 g/mol. The van der Waals surface area contributed by atoms with Crippen LogP contribution in [-0.2, 0) is 15.0 Å². The van der Waals surface area contributed by atoms with Gasteiger partial charge in [-0.05, 0) is 31.6 Å². The number of rotatable bonds is 3. The van der Waals surface area contributed by atoms with Crippen molar-refractivity contribution in [3.63, 3.8) is 0 Å². The molecule has 0 bridgehead atoms. The quantitative estimate of drug-likeness (QED) is 0.803. The summed E-state index contributed by atoms with van der Waals surface area (Å²) in [6.07, 6.45) is 3.10. The van der Waals surface area contributed by atoms with Crippen molar-refractivity contribution in [3.8, 4) is 0 Å². The largest absolute Gasteiger partial charge is 0.369 e. The number of carbonyl (C=O) groups excluding carboxylic acids is 1. The number of nitrogens with two attached hydrogens (primary N) is 1. The highest BCUT2D eigenvalue weighted by molar-refractivity contribution is 7.86. The van der Waals surface area contributed by atoms with Crippen LogP contribution in [0.2, 0.25) is 0 Å². The number of hydrogen-bond donors (Lipinski definition) is 1. The van der Waals surface area contributed by atoms with Gasteiger partial charge in [0.2, 0.25) is 5.91 Å². The summed E-state index contributed by atoms with van der Waals surface area (Å²) in [4.78, 5) is 11.1. The van der Waals surface area contributed by atoms with Gasteiger partial charge in [-0.3, -0.25) is 4.79 Å². The van der Waals surface area contributed by atoms with Crippen molar-refractivity contribution in [2.24, 2.45) is 17.6 Å². The van der Waals surface area contributed by atoms with E-state index in [0.717, 1.165) is 12.8 Å². The third-order valence-electron chi connectivity index (χ3n) is 4.13. The highest BCUT2D eigenvalue weighted by atomic mass is 32.2. The molecule has 0 aromatic rings. The van der Waals surface area contributed by atoms with Gasteiger partial charge in [0.25, 0.3) is 10.2 Å². The van der Waals surface area contributed by atoms with Gasteiger partial charge in [-0.25, -0.2) is 0 Å². The Labute approximate surface area is 115 Å². The fourth-order valence-electron chi connectivity index (χ4n) is 2.89. The Morgan fingerprint density at radius 1 is 1.11 bits per heavy atom. The Bertz CT molecular complexity index is 430. The number of carbonyl (C=O) groups is 1. The summed E-state index contributed by atoms with van der Waals surface area (Å²) >= 11 is 0. The van der Waals surface area contributed by atoms with Crippen LogP contribution in [-0.4, -0.2) is 49.1 Å². The first-order valence-corrected chi connectivity index (χ1v) is 8.35. The molecule has 2 aliphatic rings. The van der Waals surface area contributed by atoms with Crippen molar-refractivity contribution in [2.75, 3.05) is 26.2 Å². The van der Waals surface area contributed by atoms with E-state index in [-0.39, 0.29) is 11.8 Å². The molecule has 1 atom stereocenters. The molecular weight excluding hydrogens is 266 g/mol. The number of piperidine rings is 2. The van der Waals surface area contributed by atoms with Crippen molar-refractivity contribution >= 4 is 16.1 Å². The molecule has 0 radical (unpaired) electrons. The monoisotopic (exact) mass is 289 g/mol. The first-order chi connectivity index (χ1) is 8.91. The molecule has 1 unspecified atom stereocenters. The molecule has 110 valence electrons. The zero-order valence-electron chi connectivity index (χ0n) is 11.4. The number of amides is 1. The first-order valence-electron chi connectivity index (χ1n) is 6.96. The van der Waals surface area contributed by atoms with Gasteiger partial charge in [0.05, 0.1) is 0 Å². The van der Waals surface area contributed by atoms with Gasteiger partial charge < -0.3 is 5.73 Å². The lowest BCUT2D eigenvalue weighted by atomic mass is 9.98. The highest BCUT2D eigenvalue weighted by Gasteiger charge is 2.35. The summed E-state index contributed by atoms with van der Waals surface area (Å²) in [5, 5.41) is 0. The SMILES string of the molecule is CC1CCCN(S(=O)(=O)N2CCC(C(N)=O)CC2)C1. The molecule has 2 heterocycles. The maximum atomic E-state index is 12.5. The van der Waals surface area contributed by atoms with Crippen LogP contribution in [0.5, 0.6) is 0 Å². The molecule has 2 rings (SSSR count). The van der Waals surface area contributed by atoms with Gasteiger partial charge in [0.1, 0.15) is 0 Å². The van der Waals surface area contributed by atoms with E-state index >= 15 is 0 Å². The summed E-state index contributed by atoms with van der Waals surface area (Å²) in [6.45, 7) is 4.11. The van der Waals surface area contributed by atoms with E-state index in [1.807, 2.05) is 0 Å². The van der Waals surface area contributed by atoms with E-state index in [1.54, 1.807) is 4.31 Å².